The van der Waals surface area contributed by atoms with E-state index in [2.05, 4.69) is 0 Å². The molecule has 9 nitrogen and oxygen atoms in total. The Morgan fingerprint density at radius 2 is 2.24 bits per heavy atom. The van der Waals surface area contributed by atoms with Crippen molar-refractivity contribution in [1.29, 1.82) is 0 Å². The van der Waals surface area contributed by atoms with E-state index in [0.717, 1.165) is 17.9 Å². The summed E-state index contributed by atoms with van der Waals surface area (Å²) < 4.78 is 5.13. The second-order valence-electron chi connectivity index (χ2n) is 4.76. The molecule has 0 radical (unpaired) electrons. The van der Waals surface area contributed by atoms with Gasteiger partial charge in [0.25, 0.3) is 11.6 Å². The summed E-state index contributed by atoms with van der Waals surface area (Å²) in [5, 5.41) is 29.5. The lowest BCUT2D eigenvalue weighted by atomic mass is 10.1. The van der Waals surface area contributed by atoms with E-state index in [1.165, 1.54) is 12.1 Å². The van der Waals surface area contributed by atoms with E-state index in [0.29, 0.717) is 0 Å². The van der Waals surface area contributed by atoms with Crippen LogP contribution in [-0.4, -0.2) is 45.8 Å². The van der Waals surface area contributed by atoms with Gasteiger partial charge in [0.1, 0.15) is 5.75 Å². The van der Waals surface area contributed by atoms with Gasteiger partial charge in [-0.3, -0.25) is 14.9 Å². The number of carboxylic acids is 1. The van der Waals surface area contributed by atoms with Gasteiger partial charge in [0.15, 0.2) is 12.2 Å². The second-order valence-corrected chi connectivity index (χ2v) is 4.76. The second kappa shape index (κ2) is 5.02. The van der Waals surface area contributed by atoms with Gasteiger partial charge in [-0.1, -0.05) is 0 Å². The number of non-ortho nitro benzene ring substituents is 1. The molecule has 0 aromatic heterocycles. The van der Waals surface area contributed by atoms with Crippen molar-refractivity contribution >= 4 is 23.3 Å². The number of nitro groups is 1. The molecule has 0 fully saturated rings. The lowest BCUT2D eigenvalue weighted by Crippen LogP contribution is -2.51. The Kier molecular flexibility index (Phi) is 3.52. The number of carboxylic acid groups (broad SMARTS) is 1. The third-order valence-corrected chi connectivity index (χ3v) is 3.02. The first kappa shape index (κ1) is 14.7. The summed E-state index contributed by atoms with van der Waals surface area (Å²) in [6.45, 7) is 0.161. The van der Waals surface area contributed by atoms with Crippen LogP contribution >= 0.6 is 0 Å². The summed E-state index contributed by atoms with van der Waals surface area (Å²) in [5.41, 5.74) is -2.40. The predicted octanol–water partition coefficient (Wildman–Crippen LogP) is 0.156. The number of anilines is 1. The largest absolute Gasteiger partial charge is 0.482 e. The summed E-state index contributed by atoms with van der Waals surface area (Å²) in [6, 6.07) is 3.63. The monoisotopic (exact) mass is 296 g/mol. The average molecular weight is 296 g/mol. The van der Waals surface area contributed by atoms with Gasteiger partial charge in [-0.15, -0.1) is 0 Å². The minimum atomic E-state index is -2.19. The van der Waals surface area contributed by atoms with Crippen molar-refractivity contribution in [1.82, 2.24) is 0 Å². The molecule has 1 heterocycles. The summed E-state index contributed by atoms with van der Waals surface area (Å²) >= 11 is 0. The molecule has 1 amide bonds. The van der Waals surface area contributed by atoms with Crippen molar-refractivity contribution in [3.05, 3.63) is 28.3 Å². The van der Waals surface area contributed by atoms with E-state index in [9.17, 15) is 24.8 Å². The maximum Gasteiger partial charge on any atom is 0.337 e. The van der Waals surface area contributed by atoms with Gasteiger partial charge in [0, 0.05) is 12.1 Å². The fraction of sp³-hybridized carbons (Fsp3) is 0.333. The van der Waals surface area contributed by atoms with Gasteiger partial charge < -0.3 is 19.8 Å². The highest BCUT2D eigenvalue weighted by molar-refractivity contribution is 5.99. The number of ether oxygens (including phenoxy) is 1. The first-order valence-corrected chi connectivity index (χ1v) is 5.90. The summed E-state index contributed by atoms with van der Waals surface area (Å²) in [6.07, 6.45) is 0. The molecule has 2 N–H and O–H groups in total. The van der Waals surface area contributed by atoms with Crippen LogP contribution in [0.15, 0.2) is 18.2 Å². The van der Waals surface area contributed by atoms with E-state index < -0.39 is 28.9 Å². The fourth-order valence-corrected chi connectivity index (χ4v) is 1.85. The standard InChI is InChI=1S/C12H12N2O7/c1-12(18,11(16)17)6-13-8-4-7(14(19)20)2-3-9(8)21-5-10(13)15/h2-4,18H,5-6H2,1H3,(H,16,17). The van der Waals surface area contributed by atoms with Crippen LogP contribution in [0.3, 0.4) is 0 Å². The van der Waals surface area contributed by atoms with Gasteiger partial charge in [0.05, 0.1) is 17.2 Å². The molecule has 1 aromatic rings. The molecule has 112 valence electrons. The zero-order chi connectivity index (χ0) is 15.8. The molecule has 0 saturated heterocycles. The van der Waals surface area contributed by atoms with E-state index >= 15 is 0 Å². The zero-order valence-corrected chi connectivity index (χ0v) is 11.0. The molecule has 9 heteroatoms. The van der Waals surface area contributed by atoms with Crippen molar-refractivity contribution in [2.75, 3.05) is 18.1 Å². The van der Waals surface area contributed by atoms with E-state index in [1.54, 1.807) is 0 Å². The van der Waals surface area contributed by atoms with Crippen molar-refractivity contribution in [3.8, 4) is 5.75 Å². The Balaban J connectivity index is 2.44. The van der Waals surface area contributed by atoms with Crippen LogP contribution in [0.4, 0.5) is 11.4 Å². The molecule has 0 aliphatic carbocycles. The number of nitrogens with zero attached hydrogens (tertiary/aromatic N) is 2. The molecule has 2 rings (SSSR count). The first-order valence-electron chi connectivity index (χ1n) is 5.90. The van der Waals surface area contributed by atoms with E-state index in [1.807, 2.05) is 0 Å². The molecular formula is C12H12N2O7. The normalized spacial score (nSPS) is 16.7. The SMILES string of the molecule is CC(O)(CN1C(=O)COc2ccc([N+](=O)[O-])cc21)C(=O)O. The van der Waals surface area contributed by atoms with Gasteiger partial charge in [-0.25, -0.2) is 4.79 Å². The Bertz CT molecular complexity index is 626. The van der Waals surface area contributed by atoms with E-state index in [4.69, 9.17) is 9.84 Å². The number of aliphatic carboxylic acids is 1. The number of carbonyl (C=O) groups excluding carboxylic acids is 1. The zero-order valence-electron chi connectivity index (χ0n) is 11.0. The van der Waals surface area contributed by atoms with Crippen molar-refractivity contribution < 1.29 is 29.5 Å². The van der Waals surface area contributed by atoms with Crippen LogP contribution < -0.4 is 9.64 Å². The highest BCUT2D eigenvalue weighted by Gasteiger charge is 2.37. The van der Waals surface area contributed by atoms with Crippen LogP contribution in [0.5, 0.6) is 5.75 Å². The topological polar surface area (TPSA) is 130 Å². The molecular weight excluding hydrogens is 284 g/mol. The summed E-state index contributed by atoms with van der Waals surface area (Å²) in [5.74, 6) is -1.89. The Morgan fingerprint density at radius 3 is 2.81 bits per heavy atom. The third-order valence-electron chi connectivity index (χ3n) is 3.02. The summed E-state index contributed by atoms with van der Waals surface area (Å²) in [4.78, 5) is 33.9. The van der Waals surface area contributed by atoms with E-state index in [-0.39, 0.29) is 23.7 Å². The van der Waals surface area contributed by atoms with Crippen LogP contribution in [0.1, 0.15) is 6.92 Å². The van der Waals surface area contributed by atoms with Crippen molar-refractivity contribution in [2.24, 2.45) is 0 Å². The minimum Gasteiger partial charge on any atom is -0.482 e. The van der Waals surface area contributed by atoms with Gasteiger partial charge in [-0.2, -0.15) is 0 Å². The number of benzene rings is 1. The number of hydrogen-bond donors (Lipinski definition) is 2. The number of carbonyl (C=O) groups is 2. The van der Waals surface area contributed by atoms with Crippen LogP contribution in [0.2, 0.25) is 0 Å². The van der Waals surface area contributed by atoms with Gasteiger partial charge >= 0.3 is 5.97 Å². The quantitative estimate of drug-likeness (QED) is 0.597. The molecule has 1 aromatic carbocycles. The molecule has 1 aliphatic rings. The molecule has 0 saturated carbocycles. The molecule has 1 unspecified atom stereocenters. The van der Waals surface area contributed by atoms with Crippen LogP contribution in [0.25, 0.3) is 0 Å². The summed E-state index contributed by atoms with van der Waals surface area (Å²) in [7, 11) is 0. The maximum absolute atomic E-state index is 11.9. The number of aliphatic hydroxyl groups is 1. The number of β-amino-alcohol motifs (C(OH)–C–C–N with tert-alkyl or cyclic N) is 1. The third kappa shape index (κ3) is 2.77. The first-order chi connectivity index (χ1) is 9.72. The molecule has 1 atom stereocenters. The number of rotatable bonds is 4. The average Bonchev–Trinajstić information content (AvgIpc) is 2.41. The Labute approximate surface area is 118 Å². The van der Waals surface area contributed by atoms with Crippen LogP contribution in [0, 0.1) is 10.1 Å². The number of nitro benzene ring substituents is 1. The Hall–Kier alpha value is -2.68. The molecule has 1 aliphatic heterocycles. The highest BCUT2D eigenvalue weighted by Crippen LogP contribution is 2.35. The smallest absolute Gasteiger partial charge is 0.337 e. The van der Waals surface area contributed by atoms with Crippen molar-refractivity contribution in [3.63, 3.8) is 0 Å². The maximum atomic E-state index is 11.9. The molecule has 21 heavy (non-hydrogen) atoms. The highest BCUT2D eigenvalue weighted by atomic mass is 16.6. The number of fused-ring (bicyclic) bond motifs is 1. The van der Waals surface area contributed by atoms with Crippen molar-refractivity contribution in [2.45, 2.75) is 12.5 Å². The molecule has 0 spiro atoms. The number of hydrogen-bond acceptors (Lipinski definition) is 6. The predicted molar refractivity (Wildman–Crippen MR) is 69.2 cm³/mol. The lowest BCUT2D eigenvalue weighted by Gasteiger charge is -2.32. The van der Waals surface area contributed by atoms with Crippen LogP contribution in [-0.2, 0) is 9.59 Å². The Morgan fingerprint density at radius 1 is 1.57 bits per heavy atom. The fourth-order valence-electron chi connectivity index (χ4n) is 1.85. The minimum absolute atomic E-state index is 0.0574. The number of amides is 1. The van der Waals surface area contributed by atoms with Gasteiger partial charge in [-0.05, 0) is 13.0 Å². The lowest BCUT2D eigenvalue weighted by molar-refractivity contribution is -0.384. The molecule has 0 bridgehead atoms. The van der Waals surface area contributed by atoms with Gasteiger partial charge in [0.2, 0.25) is 0 Å².